The zero-order valence-electron chi connectivity index (χ0n) is 10.2. The molecule has 1 heterocycles. The first-order chi connectivity index (χ1) is 8.24. The Bertz CT molecular complexity index is 363. The molecule has 0 aromatic heterocycles. The van der Waals surface area contributed by atoms with Crippen molar-refractivity contribution in [3.05, 3.63) is 29.8 Å². The van der Waals surface area contributed by atoms with Crippen molar-refractivity contribution in [1.82, 2.24) is 0 Å². The second-order valence-corrected chi connectivity index (χ2v) is 4.92. The molecule has 0 saturated heterocycles. The quantitative estimate of drug-likeness (QED) is 0.821. The van der Waals surface area contributed by atoms with Crippen molar-refractivity contribution in [3.63, 3.8) is 0 Å². The van der Waals surface area contributed by atoms with E-state index in [1.807, 2.05) is 25.1 Å². The molecule has 0 aliphatic carbocycles. The van der Waals surface area contributed by atoms with E-state index in [4.69, 9.17) is 4.74 Å². The Labute approximate surface area is 102 Å². The summed E-state index contributed by atoms with van der Waals surface area (Å²) in [6.45, 7) is 2.71. The lowest BCUT2D eigenvalue weighted by Crippen LogP contribution is -2.31. The SMILES string of the molecule is CCC(CO)(CO)CC1COc2ccccc21. The fraction of sp³-hybridized carbons (Fsp3) is 0.571. The standard InChI is InChI=1S/C14H20O3/c1-2-14(9-15,10-16)7-11-8-17-13-6-4-3-5-12(11)13/h3-6,11,15-16H,2,7-10H2,1H3. The van der Waals surface area contributed by atoms with E-state index in [1.165, 1.54) is 5.56 Å². The molecule has 94 valence electrons. The zero-order chi connectivity index (χ0) is 12.3. The summed E-state index contributed by atoms with van der Waals surface area (Å²) in [5, 5.41) is 19.0. The summed E-state index contributed by atoms with van der Waals surface area (Å²) in [6, 6.07) is 8.02. The molecule has 0 bridgehead atoms. The number of hydrogen-bond donors (Lipinski definition) is 2. The molecular weight excluding hydrogens is 216 g/mol. The lowest BCUT2D eigenvalue weighted by molar-refractivity contribution is 0.0360. The lowest BCUT2D eigenvalue weighted by atomic mass is 9.77. The average molecular weight is 236 g/mol. The van der Waals surface area contributed by atoms with Crippen LogP contribution in [0.15, 0.2) is 24.3 Å². The van der Waals surface area contributed by atoms with Gasteiger partial charge in [-0.15, -0.1) is 0 Å². The first-order valence-corrected chi connectivity index (χ1v) is 6.18. The van der Waals surface area contributed by atoms with Crippen LogP contribution in [0.25, 0.3) is 0 Å². The Balaban J connectivity index is 2.16. The molecule has 0 radical (unpaired) electrons. The molecule has 2 rings (SSSR count). The van der Waals surface area contributed by atoms with Gasteiger partial charge >= 0.3 is 0 Å². The Morgan fingerprint density at radius 2 is 2.00 bits per heavy atom. The van der Waals surface area contributed by atoms with Gasteiger partial charge in [0.1, 0.15) is 5.75 Å². The maximum atomic E-state index is 9.48. The van der Waals surface area contributed by atoms with Gasteiger partial charge in [0.05, 0.1) is 19.8 Å². The predicted molar refractivity (Wildman–Crippen MR) is 66.2 cm³/mol. The molecule has 2 N–H and O–H groups in total. The van der Waals surface area contributed by atoms with Crippen molar-refractivity contribution in [1.29, 1.82) is 0 Å². The topological polar surface area (TPSA) is 49.7 Å². The summed E-state index contributed by atoms with van der Waals surface area (Å²) in [6.07, 6.45) is 1.55. The van der Waals surface area contributed by atoms with E-state index in [2.05, 4.69) is 6.07 Å². The van der Waals surface area contributed by atoms with E-state index in [0.29, 0.717) is 6.61 Å². The smallest absolute Gasteiger partial charge is 0.122 e. The minimum absolute atomic E-state index is 0.0265. The van der Waals surface area contributed by atoms with Crippen molar-refractivity contribution in [2.24, 2.45) is 5.41 Å². The van der Waals surface area contributed by atoms with Crippen molar-refractivity contribution in [2.45, 2.75) is 25.7 Å². The molecule has 3 nitrogen and oxygen atoms in total. The number of rotatable bonds is 5. The van der Waals surface area contributed by atoms with Crippen LogP contribution in [0.2, 0.25) is 0 Å². The maximum Gasteiger partial charge on any atom is 0.122 e. The third-order valence-electron chi connectivity index (χ3n) is 3.90. The summed E-state index contributed by atoms with van der Waals surface area (Å²) in [7, 11) is 0. The van der Waals surface area contributed by atoms with Crippen molar-refractivity contribution < 1.29 is 14.9 Å². The van der Waals surface area contributed by atoms with Gasteiger partial charge in [-0.3, -0.25) is 0 Å². The summed E-state index contributed by atoms with van der Waals surface area (Å²) in [4.78, 5) is 0. The maximum absolute atomic E-state index is 9.48. The summed E-state index contributed by atoms with van der Waals surface area (Å²) in [5.74, 6) is 1.23. The van der Waals surface area contributed by atoms with Gasteiger partial charge in [0.25, 0.3) is 0 Å². The van der Waals surface area contributed by atoms with Crippen LogP contribution in [0.1, 0.15) is 31.2 Å². The van der Waals surface area contributed by atoms with Gasteiger partial charge in [-0.05, 0) is 18.9 Å². The van der Waals surface area contributed by atoms with Gasteiger partial charge in [0.2, 0.25) is 0 Å². The average Bonchev–Trinajstić information content (AvgIpc) is 2.79. The largest absolute Gasteiger partial charge is 0.493 e. The van der Waals surface area contributed by atoms with Gasteiger partial charge in [-0.25, -0.2) is 0 Å². The second-order valence-electron chi connectivity index (χ2n) is 4.92. The van der Waals surface area contributed by atoms with Crippen LogP contribution in [-0.2, 0) is 0 Å². The van der Waals surface area contributed by atoms with E-state index >= 15 is 0 Å². The van der Waals surface area contributed by atoms with Gasteiger partial charge in [-0.2, -0.15) is 0 Å². The Hall–Kier alpha value is -1.06. The van der Waals surface area contributed by atoms with Crippen molar-refractivity contribution >= 4 is 0 Å². The monoisotopic (exact) mass is 236 g/mol. The highest BCUT2D eigenvalue weighted by atomic mass is 16.5. The lowest BCUT2D eigenvalue weighted by Gasteiger charge is -2.30. The Morgan fingerprint density at radius 1 is 1.29 bits per heavy atom. The molecule has 1 unspecified atom stereocenters. The highest BCUT2D eigenvalue weighted by Crippen LogP contribution is 2.41. The first kappa shape index (κ1) is 12.4. The molecule has 3 heteroatoms. The summed E-state index contributed by atoms with van der Waals surface area (Å²) in [5.41, 5.74) is 0.818. The van der Waals surface area contributed by atoms with E-state index in [0.717, 1.165) is 18.6 Å². The number of aliphatic hydroxyl groups is 2. The molecule has 1 aromatic rings. The number of aliphatic hydroxyl groups excluding tert-OH is 2. The number of ether oxygens (including phenoxy) is 1. The van der Waals surface area contributed by atoms with Crippen LogP contribution in [0.4, 0.5) is 0 Å². The molecule has 1 atom stereocenters. The molecule has 0 fully saturated rings. The fourth-order valence-electron chi connectivity index (χ4n) is 2.47. The van der Waals surface area contributed by atoms with Crippen molar-refractivity contribution in [3.8, 4) is 5.75 Å². The zero-order valence-corrected chi connectivity index (χ0v) is 10.2. The van der Waals surface area contributed by atoms with E-state index in [9.17, 15) is 10.2 Å². The molecule has 1 aliphatic rings. The van der Waals surface area contributed by atoms with Crippen molar-refractivity contribution in [2.75, 3.05) is 19.8 Å². The number of benzene rings is 1. The fourth-order valence-corrected chi connectivity index (χ4v) is 2.47. The van der Waals surface area contributed by atoms with Gasteiger partial charge in [0.15, 0.2) is 0 Å². The minimum atomic E-state index is -0.383. The molecule has 0 saturated carbocycles. The summed E-state index contributed by atoms with van der Waals surface area (Å²) < 4.78 is 5.63. The number of fused-ring (bicyclic) bond motifs is 1. The van der Waals surface area contributed by atoms with Crippen LogP contribution in [-0.4, -0.2) is 30.0 Å². The Morgan fingerprint density at radius 3 is 2.65 bits per heavy atom. The van der Waals surface area contributed by atoms with E-state index in [-0.39, 0.29) is 24.5 Å². The molecule has 17 heavy (non-hydrogen) atoms. The third-order valence-corrected chi connectivity index (χ3v) is 3.90. The highest BCUT2D eigenvalue weighted by Gasteiger charge is 2.34. The van der Waals surface area contributed by atoms with E-state index in [1.54, 1.807) is 0 Å². The normalized spacial score (nSPS) is 18.9. The third kappa shape index (κ3) is 2.31. The molecular formula is C14H20O3. The van der Waals surface area contributed by atoms with Crippen LogP contribution in [0.5, 0.6) is 5.75 Å². The second kappa shape index (κ2) is 5.07. The van der Waals surface area contributed by atoms with Gasteiger partial charge in [-0.1, -0.05) is 25.1 Å². The van der Waals surface area contributed by atoms with Crippen LogP contribution >= 0.6 is 0 Å². The van der Waals surface area contributed by atoms with Gasteiger partial charge in [0, 0.05) is 16.9 Å². The van der Waals surface area contributed by atoms with Gasteiger partial charge < -0.3 is 14.9 Å². The molecule has 0 spiro atoms. The molecule has 1 aromatic carbocycles. The molecule has 1 aliphatic heterocycles. The summed E-state index contributed by atoms with van der Waals surface area (Å²) >= 11 is 0. The van der Waals surface area contributed by atoms with Crippen LogP contribution in [0.3, 0.4) is 0 Å². The van der Waals surface area contributed by atoms with E-state index < -0.39 is 0 Å². The first-order valence-electron chi connectivity index (χ1n) is 6.18. The predicted octanol–water partition coefficient (Wildman–Crippen LogP) is 1.93. The number of para-hydroxylation sites is 1. The van der Waals surface area contributed by atoms with Crippen LogP contribution in [0, 0.1) is 5.41 Å². The number of hydrogen-bond acceptors (Lipinski definition) is 3. The Kier molecular flexibility index (Phi) is 3.69. The molecule has 0 amide bonds. The van der Waals surface area contributed by atoms with Crippen LogP contribution < -0.4 is 4.74 Å². The highest BCUT2D eigenvalue weighted by molar-refractivity contribution is 5.39. The minimum Gasteiger partial charge on any atom is -0.493 e.